The van der Waals surface area contributed by atoms with Gasteiger partial charge in [-0.3, -0.25) is 0 Å². The summed E-state index contributed by atoms with van der Waals surface area (Å²) >= 11 is 0.726. The van der Waals surface area contributed by atoms with Crippen molar-refractivity contribution in [1.29, 1.82) is 0 Å². The van der Waals surface area contributed by atoms with Crippen molar-refractivity contribution < 1.29 is 27.7 Å². The Balaban J connectivity index is 2.13. The summed E-state index contributed by atoms with van der Waals surface area (Å²) in [5.74, 6) is 1.03. The molecular formula is C16H13HfO. The number of allylic oxidation sites excluding steroid dienone is 8. The van der Waals surface area contributed by atoms with E-state index in [9.17, 15) is 0 Å². The van der Waals surface area contributed by atoms with Gasteiger partial charge in [-0.15, -0.1) is 0 Å². The van der Waals surface area contributed by atoms with Crippen molar-refractivity contribution in [3.8, 4) is 5.75 Å². The van der Waals surface area contributed by atoms with Gasteiger partial charge in [-0.1, -0.05) is 0 Å². The maximum atomic E-state index is 5.68. The van der Waals surface area contributed by atoms with E-state index in [0.29, 0.717) is 0 Å². The van der Waals surface area contributed by atoms with E-state index in [4.69, 9.17) is 2.85 Å². The van der Waals surface area contributed by atoms with Crippen molar-refractivity contribution in [2.45, 2.75) is 12.8 Å². The second kappa shape index (κ2) is 5.23. The molecule has 0 N–H and O–H groups in total. The molecule has 0 heterocycles. The summed E-state index contributed by atoms with van der Waals surface area (Å²) in [6.45, 7) is 0. The van der Waals surface area contributed by atoms with Gasteiger partial charge in [0.25, 0.3) is 0 Å². The molecule has 0 radical (unpaired) electrons. The van der Waals surface area contributed by atoms with E-state index in [0.717, 1.165) is 43.4 Å². The van der Waals surface area contributed by atoms with Crippen LogP contribution in [0.5, 0.6) is 5.75 Å². The fourth-order valence-corrected chi connectivity index (χ4v) is 3.11. The predicted octanol–water partition coefficient (Wildman–Crippen LogP) is 4.21. The molecule has 0 saturated carbocycles. The van der Waals surface area contributed by atoms with Crippen LogP contribution >= 0.6 is 0 Å². The minimum atomic E-state index is 0.726. The first-order valence-electron chi connectivity index (χ1n) is 6.09. The van der Waals surface area contributed by atoms with E-state index >= 15 is 0 Å². The molecule has 0 saturated heterocycles. The first-order chi connectivity index (χ1) is 8.90. The molecular weight excluding hydrogens is 387 g/mol. The van der Waals surface area contributed by atoms with Gasteiger partial charge in [0.15, 0.2) is 0 Å². The van der Waals surface area contributed by atoms with Crippen molar-refractivity contribution in [2.24, 2.45) is 0 Å². The van der Waals surface area contributed by atoms with Crippen LogP contribution in [0.3, 0.4) is 0 Å². The molecule has 0 unspecified atom stereocenters. The van der Waals surface area contributed by atoms with E-state index in [1.807, 2.05) is 0 Å². The first kappa shape index (κ1) is 11.9. The molecule has 0 aliphatic heterocycles. The standard InChI is InChI=1S/C16H14O.Hf/c17-15-11-5-10-14(12-6-1-2-7-12)16(15)13-8-3-4-9-13;/h1-6,8,10-11,17H,7,9H2;/q;+1/p-1. The molecule has 0 atom stereocenters. The fourth-order valence-electron chi connectivity index (χ4n) is 2.49. The molecule has 2 heteroatoms. The molecule has 0 bridgehead atoms. The van der Waals surface area contributed by atoms with Crippen LogP contribution in [0.4, 0.5) is 0 Å². The molecule has 1 aromatic carbocycles. The summed E-state index contributed by atoms with van der Waals surface area (Å²) in [6, 6.07) is 6.37. The Bertz CT molecular complexity index is 591. The quantitative estimate of drug-likeness (QED) is 0.692. The van der Waals surface area contributed by atoms with Crippen LogP contribution in [0.25, 0.3) is 11.1 Å². The molecule has 0 fully saturated rings. The zero-order valence-corrected chi connectivity index (χ0v) is 13.6. The Morgan fingerprint density at radius 3 is 2.28 bits per heavy atom. The number of benzene rings is 1. The molecule has 18 heavy (non-hydrogen) atoms. The van der Waals surface area contributed by atoms with Gasteiger partial charge in [-0.25, -0.2) is 0 Å². The van der Waals surface area contributed by atoms with Gasteiger partial charge in [0.2, 0.25) is 0 Å². The topological polar surface area (TPSA) is 9.23 Å². The van der Waals surface area contributed by atoms with E-state index in [1.54, 1.807) is 0 Å². The first-order valence-corrected chi connectivity index (χ1v) is 7.55. The molecule has 1 nitrogen and oxygen atoms in total. The third kappa shape index (κ3) is 2.10. The monoisotopic (exact) mass is 401 g/mol. The Hall–Kier alpha value is -1.15. The number of hydrogen-bond donors (Lipinski definition) is 0. The molecule has 87 valence electrons. The van der Waals surface area contributed by atoms with E-state index < -0.39 is 0 Å². The Morgan fingerprint density at radius 2 is 1.67 bits per heavy atom. The van der Waals surface area contributed by atoms with E-state index in [-0.39, 0.29) is 0 Å². The van der Waals surface area contributed by atoms with Gasteiger partial charge in [0, 0.05) is 0 Å². The molecule has 0 spiro atoms. The van der Waals surface area contributed by atoms with Gasteiger partial charge in [-0.2, -0.15) is 0 Å². The van der Waals surface area contributed by atoms with Gasteiger partial charge in [-0.05, 0) is 0 Å². The molecule has 2 aliphatic carbocycles. The Labute approximate surface area is 123 Å². The SMILES string of the molecule is [Hf][O]c1cccc(C2=CC=CC2)c1C1=CC=CC1. The summed E-state index contributed by atoms with van der Waals surface area (Å²) < 4.78 is 5.68. The molecule has 0 aromatic heterocycles. The van der Waals surface area contributed by atoms with Crippen LogP contribution in [0.2, 0.25) is 0 Å². The van der Waals surface area contributed by atoms with Crippen LogP contribution in [-0.4, -0.2) is 0 Å². The number of hydrogen-bond acceptors (Lipinski definition) is 1. The summed E-state index contributed by atoms with van der Waals surface area (Å²) in [5, 5.41) is 0. The fraction of sp³-hybridized carbons (Fsp3) is 0.125. The summed E-state index contributed by atoms with van der Waals surface area (Å²) in [4.78, 5) is 0. The van der Waals surface area contributed by atoms with E-state index in [2.05, 4.69) is 54.7 Å². The number of rotatable bonds is 3. The van der Waals surface area contributed by atoms with Crippen LogP contribution in [-0.2, 0) is 24.8 Å². The Morgan fingerprint density at radius 1 is 0.944 bits per heavy atom. The van der Waals surface area contributed by atoms with Crippen molar-refractivity contribution >= 4 is 11.1 Å². The van der Waals surface area contributed by atoms with Gasteiger partial charge >= 0.3 is 123 Å². The molecule has 1 aromatic rings. The third-order valence-electron chi connectivity index (χ3n) is 3.35. The summed E-state index contributed by atoms with van der Waals surface area (Å²) in [5.41, 5.74) is 5.36. The molecule has 3 rings (SSSR count). The van der Waals surface area contributed by atoms with Crippen LogP contribution in [0.15, 0.2) is 54.7 Å². The van der Waals surface area contributed by atoms with Crippen LogP contribution < -0.4 is 2.85 Å². The second-order valence-corrected chi connectivity index (χ2v) is 5.16. The Kier molecular flexibility index (Phi) is 3.46. The van der Waals surface area contributed by atoms with Gasteiger partial charge in [0.05, 0.1) is 0 Å². The van der Waals surface area contributed by atoms with Crippen LogP contribution in [0, 0.1) is 0 Å². The van der Waals surface area contributed by atoms with Crippen molar-refractivity contribution in [3.05, 3.63) is 65.8 Å². The second-order valence-electron chi connectivity index (χ2n) is 4.43. The zero-order valence-electron chi connectivity index (χ0n) is 10.0. The van der Waals surface area contributed by atoms with Gasteiger partial charge < -0.3 is 0 Å². The van der Waals surface area contributed by atoms with Crippen molar-refractivity contribution in [2.75, 3.05) is 0 Å². The summed E-state index contributed by atoms with van der Waals surface area (Å²) in [7, 11) is 0. The van der Waals surface area contributed by atoms with Crippen molar-refractivity contribution in [1.82, 2.24) is 0 Å². The minimum absolute atomic E-state index is 0.726. The predicted molar refractivity (Wildman–Crippen MR) is 70.5 cm³/mol. The maximum absolute atomic E-state index is 5.68. The van der Waals surface area contributed by atoms with Crippen molar-refractivity contribution in [3.63, 3.8) is 0 Å². The zero-order chi connectivity index (χ0) is 12.4. The third-order valence-corrected chi connectivity index (χ3v) is 4.14. The average molecular weight is 400 g/mol. The normalized spacial score (nSPS) is 16.8. The van der Waals surface area contributed by atoms with Crippen LogP contribution in [0.1, 0.15) is 24.0 Å². The molecule has 2 aliphatic rings. The van der Waals surface area contributed by atoms with E-state index in [1.165, 1.54) is 22.3 Å². The van der Waals surface area contributed by atoms with Gasteiger partial charge in [0.1, 0.15) is 0 Å². The summed E-state index contributed by atoms with van der Waals surface area (Å²) in [6.07, 6.45) is 15.1. The molecule has 0 amide bonds. The average Bonchev–Trinajstić information content (AvgIpc) is 3.10.